The van der Waals surface area contributed by atoms with E-state index in [2.05, 4.69) is 187 Å². The first kappa shape index (κ1) is 31.2. The highest BCUT2D eigenvalue weighted by atomic mass is 32.1. The van der Waals surface area contributed by atoms with Crippen molar-refractivity contribution in [2.45, 2.75) is 0 Å². The van der Waals surface area contributed by atoms with Crippen LogP contribution >= 0.6 is 11.3 Å². The zero-order valence-corrected chi connectivity index (χ0v) is 30.8. The van der Waals surface area contributed by atoms with E-state index in [1.54, 1.807) is 11.3 Å². The molecular weight excluding hydrogens is 701 g/mol. The minimum Gasteiger partial charge on any atom is -0.278 e. The van der Waals surface area contributed by atoms with Gasteiger partial charge in [0.2, 0.25) is 5.95 Å². The third kappa shape index (κ3) is 4.88. The van der Waals surface area contributed by atoms with Crippen LogP contribution in [0.15, 0.2) is 182 Å². The summed E-state index contributed by atoms with van der Waals surface area (Å²) in [6.07, 6.45) is 0. The van der Waals surface area contributed by atoms with Crippen LogP contribution in [-0.4, -0.2) is 19.5 Å². The Morgan fingerprint density at radius 2 is 0.875 bits per heavy atom. The summed E-state index contributed by atoms with van der Waals surface area (Å²) in [5.74, 6) is 1.84. The molecule has 12 rings (SSSR count). The lowest BCUT2D eigenvalue weighted by Crippen LogP contribution is -2.06. The maximum Gasteiger partial charge on any atom is 0.238 e. The summed E-state index contributed by atoms with van der Waals surface area (Å²) in [4.78, 5) is 16.0. The zero-order valence-electron chi connectivity index (χ0n) is 30.0. The van der Waals surface area contributed by atoms with Gasteiger partial charge in [-0.3, -0.25) is 4.57 Å². The highest BCUT2D eigenvalue weighted by Crippen LogP contribution is 2.42. The number of hydrogen-bond acceptors (Lipinski definition) is 4. The molecule has 0 atom stereocenters. The molecule has 1 aliphatic rings. The van der Waals surface area contributed by atoms with Gasteiger partial charge in [-0.1, -0.05) is 140 Å². The minimum absolute atomic E-state index is 0.581. The topological polar surface area (TPSA) is 43.6 Å². The van der Waals surface area contributed by atoms with E-state index in [-0.39, 0.29) is 0 Å². The van der Waals surface area contributed by atoms with Gasteiger partial charge >= 0.3 is 0 Å². The standard InChI is InChI=1S/C51H30N4S/c1-2-10-31(11-3-1)40-19-9-20-44-48(40)43-25-22-37-29-45(43)55(44)51-53-49(52-50(54-51)39-23-24-42-41-18-4-5-21-46(41)56-47(42)30-39)38-17-8-16-36(28-38)34-14-6-12-32(26-34)33-13-7-15-35(37)27-33/h1-30H. The van der Waals surface area contributed by atoms with Crippen molar-refractivity contribution < 1.29 is 0 Å². The fraction of sp³-hybridized carbons (Fsp3) is 0. The summed E-state index contributed by atoms with van der Waals surface area (Å²) in [6.45, 7) is 0. The van der Waals surface area contributed by atoms with E-state index >= 15 is 0 Å². The molecule has 0 radical (unpaired) electrons. The van der Waals surface area contributed by atoms with E-state index < -0.39 is 0 Å². The molecule has 0 spiro atoms. The summed E-state index contributed by atoms with van der Waals surface area (Å²) in [5.41, 5.74) is 13.2. The van der Waals surface area contributed by atoms with Crippen LogP contribution in [0.25, 0.3) is 115 Å². The Morgan fingerprint density at radius 3 is 1.61 bits per heavy atom. The quantitative estimate of drug-likeness (QED) is 0.178. The first-order chi connectivity index (χ1) is 27.7. The first-order valence-electron chi connectivity index (χ1n) is 18.8. The molecule has 11 aromatic rings. The van der Waals surface area contributed by atoms with E-state index in [0.717, 1.165) is 49.8 Å². The van der Waals surface area contributed by atoms with Crippen molar-refractivity contribution >= 4 is 53.3 Å². The molecule has 0 fully saturated rings. The second kappa shape index (κ2) is 12.2. The number of thiophene rings is 1. The van der Waals surface area contributed by atoms with Crippen LogP contribution in [0.3, 0.4) is 0 Å². The molecule has 56 heavy (non-hydrogen) atoms. The summed E-state index contributed by atoms with van der Waals surface area (Å²) in [6, 6.07) is 65.5. The summed E-state index contributed by atoms with van der Waals surface area (Å²) >= 11 is 1.80. The Kier molecular flexibility index (Phi) is 6.76. The maximum absolute atomic E-state index is 5.37. The fourth-order valence-electron chi connectivity index (χ4n) is 8.50. The van der Waals surface area contributed by atoms with Gasteiger partial charge < -0.3 is 0 Å². The highest BCUT2D eigenvalue weighted by molar-refractivity contribution is 7.25. The molecule has 1 aliphatic heterocycles. The molecular formula is C51H30N4S. The van der Waals surface area contributed by atoms with Crippen LogP contribution < -0.4 is 0 Å². The molecule has 0 saturated heterocycles. The third-order valence-electron chi connectivity index (χ3n) is 11.2. The van der Waals surface area contributed by atoms with E-state index in [9.17, 15) is 0 Å². The van der Waals surface area contributed by atoms with Crippen molar-refractivity contribution in [1.82, 2.24) is 19.5 Å². The SMILES string of the molecule is c1ccc(-c2cccc3c2c2ccc4cc2n3-c2nc(nc(-c3ccc5c(c3)sc3ccccc35)n2)-c2cccc(c2)-c2cccc(c2)-c2cccc-4c2)cc1. The number of rotatable bonds is 2. The van der Waals surface area contributed by atoms with Crippen LogP contribution in [-0.2, 0) is 0 Å². The molecule has 0 N–H and O–H groups in total. The Labute approximate surface area is 326 Å². The molecule has 0 saturated carbocycles. The Balaban J connectivity index is 1.20. The van der Waals surface area contributed by atoms with Crippen molar-refractivity contribution in [3.8, 4) is 73.2 Å². The summed E-state index contributed by atoms with van der Waals surface area (Å²) in [5, 5.41) is 4.82. The zero-order chi connectivity index (χ0) is 36.7. The number of fused-ring (bicyclic) bond motifs is 20. The summed E-state index contributed by atoms with van der Waals surface area (Å²) in [7, 11) is 0. The van der Waals surface area contributed by atoms with Crippen LogP contribution in [0.4, 0.5) is 0 Å². The maximum atomic E-state index is 5.37. The van der Waals surface area contributed by atoms with Crippen LogP contribution in [0, 0.1) is 0 Å². The molecule has 0 aliphatic carbocycles. The van der Waals surface area contributed by atoms with E-state index in [1.807, 2.05) is 0 Å². The van der Waals surface area contributed by atoms with Gasteiger partial charge in [0.05, 0.1) is 11.0 Å². The average Bonchev–Trinajstić information content (AvgIpc) is 3.81. The van der Waals surface area contributed by atoms with Gasteiger partial charge in [-0.05, 0) is 87.0 Å². The molecule has 10 bridgehead atoms. The van der Waals surface area contributed by atoms with Crippen LogP contribution in [0.1, 0.15) is 0 Å². The largest absolute Gasteiger partial charge is 0.278 e. The predicted molar refractivity (Wildman–Crippen MR) is 233 cm³/mol. The Hall–Kier alpha value is -7.21. The second-order valence-electron chi connectivity index (χ2n) is 14.5. The number of aromatic nitrogens is 4. The number of hydrogen-bond donors (Lipinski definition) is 0. The fourth-order valence-corrected chi connectivity index (χ4v) is 9.65. The first-order valence-corrected chi connectivity index (χ1v) is 19.7. The van der Waals surface area contributed by atoms with Crippen LogP contribution in [0.5, 0.6) is 0 Å². The van der Waals surface area contributed by atoms with Gasteiger partial charge in [0, 0.05) is 42.1 Å². The van der Waals surface area contributed by atoms with Crippen LogP contribution in [0.2, 0.25) is 0 Å². The molecule has 3 aromatic heterocycles. The minimum atomic E-state index is 0.581. The van der Waals surface area contributed by atoms with E-state index in [1.165, 1.54) is 47.8 Å². The molecule has 260 valence electrons. The van der Waals surface area contributed by atoms with Crippen molar-refractivity contribution in [3.63, 3.8) is 0 Å². The van der Waals surface area contributed by atoms with Gasteiger partial charge in [-0.15, -0.1) is 11.3 Å². The van der Waals surface area contributed by atoms with Crippen molar-refractivity contribution in [3.05, 3.63) is 182 Å². The third-order valence-corrected chi connectivity index (χ3v) is 12.3. The molecule has 4 nitrogen and oxygen atoms in total. The van der Waals surface area contributed by atoms with Gasteiger partial charge in [0.25, 0.3) is 0 Å². The molecule has 4 heterocycles. The van der Waals surface area contributed by atoms with Gasteiger partial charge in [-0.25, -0.2) is 4.98 Å². The molecule has 0 unspecified atom stereocenters. The number of nitrogens with zero attached hydrogens (tertiary/aromatic N) is 4. The van der Waals surface area contributed by atoms with E-state index in [0.29, 0.717) is 17.6 Å². The average molecular weight is 731 g/mol. The van der Waals surface area contributed by atoms with Crippen molar-refractivity contribution in [2.75, 3.05) is 0 Å². The van der Waals surface area contributed by atoms with Gasteiger partial charge in [-0.2, -0.15) is 9.97 Å². The predicted octanol–water partition coefficient (Wildman–Crippen LogP) is 13.7. The van der Waals surface area contributed by atoms with E-state index in [4.69, 9.17) is 15.0 Å². The van der Waals surface area contributed by atoms with Gasteiger partial charge in [0.15, 0.2) is 11.6 Å². The van der Waals surface area contributed by atoms with Crippen molar-refractivity contribution in [2.24, 2.45) is 0 Å². The lowest BCUT2D eigenvalue weighted by molar-refractivity contribution is 0.954. The molecule has 5 heteroatoms. The summed E-state index contributed by atoms with van der Waals surface area (Å²) < 4.78 is 4.72. The highest BCUT2D eigenvalue weighted by Gasteiger charge is 2.22. The molecule has 8 aromatic carbocycles. The van der Waals surface area contributed by atoms with Crippen molar-refractivity contribution in [1.29, 1.82) is 0 Å². The number of benzene rings is 8. The normalized spacial score (nSPS) is 11.9. The Morgan fingerprint density at radius 1 is 0.339 bits per heavy atom. The van der Waals surface area contributed by atoms with Gasteiger partial charge in [0.1, 0.15) is 0 Å². The lowest BCUT2D eigenvalue weighted by Gasteiger charge is -2.13. The second-order valence-corrected chi connectivity index (χ2v) is 15.6. The molecule has 0 amide bonds. The smallest absolute Gasteiger partial charge is 0.238 e. The lowest BCUT2D eigenvalue weighted by atomic mass is 9.95. The monoisotopic (exact) mass is 730 g/mol. The Bertz CT molecular complexity index is 3380.